The van der Waals surface area contributed by atoms with Crippen LogP contribution in [0.2, 0.25) is 0 Å². The van der Waals surface area contributed by atoms with Crippen LogP contribution < -0.4 is 16.6 Å². The summed E-state index contributed by atoms with van der Waals surface area (Å²) in [6.07, 6.45) is 4.20. The molecule has 0 heterocycles. The summed E-state index contributed by atoms with van der Waals surface area (Å²) in [5.41, 5.74) is 11.9. The Morgan fingerprint density at radius 1 is 0.932 bits per heavy atom. The van der Waals surface area contributed by atoms with E-state index in [1.165, 1.54) is 12.1 Å². The second-order valence-corrected chi connectivity index (χ2v) is 12.7. The van der Waals surface area contributed by atoms with Gasteiger partial charge in [-0.1, -0.05) is 87.9 Å². The highest BCUT2D eigenvalue weighted by atomic mass is 32.2. The monoisotopic (exact) mass is 634 g/mol. The van der Waals surface area contributed by atoms with Gasteiger partial charge in [0.15, 0.2) is 0 Å². The van der Waals surface area contributed by atoms with Crippen LogP contribution in [0.5, 0.6) is 0 Å². The molecule has 2 rings (SSSR count). The first-order valence-electron chi connectivity index (χ1n) is 14.3. The average molecular weight is 635 g/mol. The number of benzene rings is 2. The molecule has 0 aromatic heterocycles. The van der Waals surface area contributed by atoms with Crippen LogP contribution in [0.3, 0.4) is 0 Å². The van der Waals surface area contributed by atoms with Crippen molar-refractivity contribution in [2.75, 3.05) is 13.2 Å². The van der Waals surface area contributed by atoms with Crippen molar-refractivity contribution in [3.63, 3.8) is 0 Å². The molecule has 0 saturated carbocycles. The highest BCUT2D eigenvalue weighted by molar-refractivity contribution is 7.85. The highest BCUT2D eigenvalue weighted by Crippen LogP contribution is 2.26. The lowest BCUT2D eigenvalue weighted by Gasteiger charge is -2.31. The third-order valence-corrected chi connectivity index (χ3v) is 7.25. The first-order valence-corrected chi connectivity index (χ1v) is 15.7. The molecule has 12 nitrogen and oxygen atoms in total. The van der Waals surface area contributed by atoms with E-state index in [1.54, 1.807) is 23.7 Å². The minimum atomic E-state index is -4.02. The molecule has 0 bridgehead atoms. The van der Waals surface area contributed by atoms with E-state index in [1.807, 2.05) is 71.0 Å². The summed E-state index contributed by atoms with van der Waals surface area (Å²) in [7, 11) is -4.02. The van der Waals surface area contributed by atoms with Gasteiger partial charge in [-0.2, -0.15) is 8.42 Å². The second kappa shape index (κ2) is 18.9. The van der Waals surface area contributed by atoms with Crippen LogP contribution in [-0.2, 0) is 24.5 Å². The summed E-state index contributed by atoms with van der Waals surface area (Å²) in [5, 5.41) is 19.7. The maximum atomic E-state index is 13.3. The number of aryl methyl sites for hydroxylation is 1. The van der Waals surface area contributed by atoms with Gasteiger partial charge in [0.1, 0.15) is 6.04 Å². The third-order valence-electron chi connectivity index (χ3n) is 6.39. The number of hydrogen-bond acceptors (Lipinski definition) is 8. The predicted molar refractivity (Wildman–Crippen MR) is 167 cm³/mol. The number of nitrogens with one attached hydrogen (secondary N) is 2. The van der Waals surface area contributed by atoms with Crippen molar-refractivity contribution in [3.05, 3.63) is 71.8 Å². The number of allylic oxidation sites excluding steroid dienone is 1. The number of hydroxylamine groups is 1. The quantitative estimate of drug-likeness (QED) is 0.109. The van der Waals surface area contributed by atoms with Gasteiger partial charge in [0.2, 0.25) is 11.8 Å². The van der Waals surface area contributed by atoms with Crippen molar-refractivity contribution >= 4 is 33.9 Å². The van der Waals surface area contributed by atoms with Crippen LogP contribution in [0.15, 0.2) is 65.6 Å². The Labute approximate surface area is 260 Å². The molecule has 3 amide bonds. The van der Waals surface area contributed by atoms with Crippen LogP contribution in [0.4, 0.5) is 0 Å². The van der Waals surface area contributed by atoms with Crippen molar-refractivity contribution in [2.24, 2.45) is 29.4 Å². The van der Waals surface area contributed by atoms with Gasteiger partial charge >= 0.3 is 0 Å². The molecule has 0 aliphatic rings. The second-order valence-electron chi connectivity index (χ2n) is 11.3. The van der Waals surface area contributed by atoms with E-state index in [9.17, 15) is 33.1 Å². The first-order chi connectivity index (χ1) is 20.6. The fourth-order valence-electron chi connectivity index (χ4n) is 4.17. The number of aliphatic hydroxyl groups is 1. The number of hydrogen-bond donors (Lipinski definition) is 6. The van der Waals surface area contributed by atoms with E-state index < -0.39 is 52.3 Å². The molecule has 0 unspecified atom stereocenters. The van der Waals surface area contributed by atoms with Gasteiger partial charge in [-0.15, -0.1) is 0 Å². The van der Waals surface area contributed by atoms with Gasteiger partial charge in [-0.3, -0.25) is 34.6 Å². The van der Waals surface area contributed by atoms with Gasteiger partial charge in [0, 0.05) is 6.54 Å². The summed E-state index contributed by atoms with van der Waals surface area (Å²) in [5.74, 6) is -3.40. The van der Waals surface area contributed by atoms with Gasteiger partial charge in [-0.05, 0) is 49.3 Å². The number of nitrogens with two attached hydrogens (primary N) is 1. The summed E-state index contributed by atoms with van der Waals surface area (Å²) in [6, 6.07) is 14.3. The Balaban J connectivity index is 0.000000733. The predicted octanol–water partition coefficient (Wildman–Crippen LogP) is 2.95. The number of carbonyl (C=O) groups is 3. The lowest BCUT2D eigenvalue weighted by atomic mass is 9.82. The van der Waals surface area contributed by atoms with Crippen LogP contribution in [-0.4, -0.2) is 65.2 Å². The van der Waals surface area contributed by atoms with E-state index in [0.29, 0.717) is 6.42 Å². The summed E-state index contributed by atoms with van der Waals surface area (Å²) in [6.45, 7) is 9.07. The molecule has 0 radical (unpaired) electrons. The van der Waals surface area contributed by atoms with Crippen LogP contribution in [0.25, 0.3) is 6.08 Å². The molecule has 44 heavy (non-hydrogen) atoms. The zero-order valence-electron chi connectivity index (χ0n) is 25.9. The fraction of sp³-hybridized carbons (Fsp3) is 0.452. The van der Waals surface area contributed by atoms with Gasteiger partial charge in [0.25, 0.3) is 16.0 Å². The topological polar surface area (TPSA) is 199 Å². The van der Waals surface area contributed by atoms with Crippen molar-refractivity contribution in [1.82, 2.24) is 15.9 Å². The van der Waals surface area contributed by atoms with Gasteiger partial charge in [-0.25, -0.2) is 5.48 Å². The number of carbonyl (C=O) groups excluding carboxylic acids is 3. The molecular formula is C31H46N4O8S. The van der Waals surface area contributed by atoms with Gasteiger partial charge in [0.05, 0.1) is 23.3 Å². The normalized spacial score (nSPS) is 13.5. The zero-order valence-corrected chi connectivity index (χ0v) is 26.7. The van der Waals surface area contributed by atoms with Crippen molar-refractivity contribution < 1.29 is 37.7 Å². The largest absolute Gasteiger partial charge is 0.394 e. The standard InChI is InChI=1S/C24H38N4O5.C7H8O3S/c1-16(2)13-20(22(30)26-28(14-17(3)4)24(32)21(25)15-29)19(23(31)27-33)12-8-11-18-9-6-5-7-10-18;1-6-2-4-7(5-3-6)11(8,9)10/h5-11,16-17,19-21,29,33H,12-15,25H2,1-4H3,(H,26,30)(H,27,31);2-5H,1H3,(H,8,9,10)/b11-8+;/t19-,20+,21+;/m0./s1. The Morgan fingerprint density at radius 3 is 2.00 bits per heavy atom. The van der Waals surface area contributed by atoms with Crippen molar-refractivity contribution in [2.45, 2.75) is 58.4 Å². The molecule has 2 aromatic rings. The number of aliphatic hydroxyl groups excluding tert-OH is 1. The first kappa shape index (κ1) is 38.4. The molecule has 244 valence electrons. The Kier molecular flexibility index (Phi) is 16.5. The molecule has 0 aliphatic heterocycles. The molecular weight excluding hydrogens is 588 g/mol. The highest BCUT2D eigenvalue weighted by Gasteiger charge is 2.35. The minimum Gasteiger partial charge on any atom is -0.394 e. The molecule has 0 spiro atoms. The van der Waals surface area contributed by atoms with E-state index in [2.05, 4.69) is 5.43 Å². The summed E-state index contributed by atoms with van der Waals surface area (Å²) < 4.78 is 29.6. The number of nitrogens with zero attached hydrogens (tertiary/aromatic N) is 1. The number of rotatable bonds is 13. The molecule has 7 N–H and O–H groups in total. The van der Waals surface area contributed by atoms with E-state index in [0.717, 1.165) is 16.1 Å². The minimum absolute atomic E-state index is 0.0223. The number of amides is 3. The van der Waals surface area contributed by atoms with E-state index in [-0.39, 0.29) is 29.7 Å². The van der Waals surface area contributed by atoms with E-state index >= 15 is 0 Å². The van der Waals surface area contributed by atoms with E-state index in [4.69, 9.17) is 10.3 Å². The Hall–Kier alpha value is -3.62. The average Bonchev–Trinajstić information content (AvgIpc) is 2.97. The number of hydrazine groups is 1. The Bertz CT molecular complexity index is 1320. The van der Waals surface area contributed by atoms with Crippen LogP contribution >= 0.6 is 0 Å². The van der Waals surface area contributed by atoms with Crippen LogP contribution in [0, 0.1) is 30.6 Å². The van der Waals surface area contributed by atoms with Crippen molar-refractivity contribution in [1.29, 1.82) is 0 Å². The Morgan fingerprint density at radius 2 is 1.52 bits per heavy atom. The maximum absolute atomic E-state index is 13.3. The fourth-order valence-corrected chi connectivity index (χ4v) is 4.65. The molecule has 3 atom stereocenters. The van der Waals surface area contributed by atoms with Crippen molar-refractivity contribution in [3.8, 4) is 0 Å². The molecule has 0 aliphatic carbocycles. The SMILES string of the molecule is CC(C)C[C@@H](C(=O)NN(CC(C)C)C(=O)[C@H](N)CO)[C@H](C/C=C/c1ccccc1)C(=O)NO.Cc1ccc(S(=O)(=O)O)cc1. The molecule has 0 saturated heterocycles. The third kappa shape index (κ3) is 13.8. The smallest absolute Gasteiger partial charge is 0.294 e. The van der Waals surface area contributed by atoms with Gasteiger partial charge < -0.3 is 10.8 Å². The molecule has 0 fully saturated rings. The zero-order chi connectivity index (χ0) is 33.4. The summed E-state index contributed by atoms with van der Waals surface area (Å²) in [4.78, 5) is 38.3. The lowest BCUT2D eigenvalue weighted by molar-refractivity contribution is -0.148. The summed E-state index contributed by atoms with van der Waals surface area (Å²) >= 11 is 0. The van der Waals surface area contributed by atoms with Crippen LogP contribution in [0.1, 0.15) is 51.7 Å². The molecule has 2 aromatic carbocycles. The molecule has 13 heteroatoms. The lowest BCUT2D eigenvalue weighted by Crippen LogP contribution is -2.56. The maximum Gasteiger partial charge on any atom is 0.294 e.